The largest absolute Gasteiger partial charge is 0.497 e. The van der Waals surface area contributed by atoms with Gasteiger partial charge in [0.05, 0.1) is 14.2 Å². The Labute approximate surface area is 169 Å². The van der Waals surface area contributed by atoms with E-state index in [-0.39, 0.29) is 5.91 Å². The molecule has 0 radical (unpaired) electrons. The normalized spacial score (nSPS) is 15.0. The first-order valence-electron chi connectivity index (χ1n) is 8.84. The molecule has 3 rings (SSSR count). The van der Waals surface area contributed by atoms with Gasteiger partial charge in [0, 0.05) is 12.1 Å². The second kappa shape index (κ2) is 8.75. The predicted molar refractivity (Wildman–Crippen MR) is 111 cm³/mol. The van der Waals surface area contributed by atoms with Crippen molar-refractivity contribution in [3.63, 3.8) is 0 Å². The van der Waals surface area contributed by atoms with E-state index >= 15 is 0 Å². The van der Waals surface area contributed by atoms with Crippen LogP contribution in [0.25, 0.3) is 6.08 Å². The van der Waals surface area contributed by atoms with E-state index in [4.69, 9.17) is 26.4 Å². The molecule has 2 aromatic carbocycles. The van der Waals surface area contributed by atoms with Crippen molar-refractivity contribution in [2.75, 3.05) is 20.8 Å². The van der Waals surface area contributed by atoms with Crippen LogP contribution in [0.4, 0.5) is 0 Å². The van der Waals surface area contributed by atoms with Crippen molar-refractivity contribution in [3.8, 4) is 17.2 Å². The van der Waals surface area contributed by atoms with Crippen LogP contribution in [0.2, 0.25) is 0 Å². The summed E-state index contributed by atoms with van der Waals surface area (Å²) >= 11 is 5.19. The molecule has 1 aliphatic heterocycles. The number of carbonyl (C=O) groups excluding carboxylic acids is 1. The Balaban J connectivity index is 1.79. The van der Waals surface area contributed by atoms with Gasteiger partial charge >= 0.3 is 0 Å². The van der Waals surface area contributed by atoms with Crippen LogP contribution < -0.4 is 19.5 Å². The molecule has 0 unspecified atom stereocenters. The lowest BCUT2D eigenvalue weighted by Gasteiger charge is -2.12. The Hall–Kier alpha value is -3.06. The van der Waals surface area contributed by atoms with Gasteiger partial charge in [0.15, 0.2) is 5.11 Å². The number of nitrogens with one attached hydrogen (secondary N) is 1. The van der Waals surface area contributed by atoms with E-state index in [1.54, 1.807) is 20.3 Å². The minimum absolute atomic E-state index is 0.126. The van der Waals surface area contributed by atoms with Crippen LogP contribution in [0.5, 0.6) is 17.2 Å². The highest BCUT2D eigenvalue weighted by Crippen LogP contribution is 2.25. The molecule has 1 N–H and O–H groups in total. The van der Waals surface area contributed by atoms with Crippen LogP contribution in [0.15, 0.2) is 48.2 Å². The summed E-state index contributed by atoms with van der Waals surface area (Å²) in [7, 11) is 3.24. The highest BCUT2D eigenvalue weighted by atomic mass is 32.1. The van der Waals surface area contributed by atoms with Crippen molar-refractivity contribution in [3.05, 3.63) is 59.3 Å². The second-order valence-electron chi connectivity index (χ2n) is 6.07. The quantitative estimate of drug-likeness (QED) is 0.570. The van der Waals surface area contributed by atoms with Crippen molar-refractivity contribution >= 4 is 29.3 Å². The van der Waals surface area contributed by atoms with Crippen LogP contribution >= 0.6 is 12.2 Å². The highest BCUT2D eigenvalue weighted by Gasteiger charge is 2.29. The van der Waals surface area contributed by atoms with Gasteiger partial charge in [-0.15, -0.1) is 0 Å². The molecule has 1 amide bonds. The molecular weight excluding hydrogens is 376 g/mol. The number of ether oxygens (including phenoxy) is 3. The zero-order valence-electron chi connectivity index (χ0n) is 16.0. The van der Waals surface area contributed by atoms with Crippen LogP contribution in [-0.4, -0.2) is 36.7 Å². The third-order valence-corrected chi connectivity index (χ3v) is 4.67. The van der Waals surface area contributed by atoms with Gasteiger partial charge in [0.2, 0.25) is 0 Å². The number of nitrogens with zero attached hydrogens (tertiary/aromatic N) is 1. The Morgan fingerprint density at radius 3 is 2.39 bits per heavy atom. The molecule has 0 aliphatic carbocycles. The fraction of sp³-hybridized carbons (Fsp3) is 0.238. The number of hydrogen-bond acceptors (Lipinski definition) is 5. The van der Waals surface area contributed by atoms with Crippen molar-refractivity contribution in [1.29, 1.82) is 0 Å². The predicted octanol–water partition coefficient (Wildman–Crippen LogP) is 3.36. The summed E-state index contributed by atoms with van der Waals surface area (Å²) < 4.78 is 16.5. The average Bonchev–Trinajstić information content (AvgIpc) is 2.99. The minimum Gasteiger partial charge on any atom is -0.497 e. The maximum Gasteiger partial charge on any atom is 0.276 e. The molecule has 0 bridgehead atoms. The maximum atomic E-state index is 12.4. The molecule has 0 atom stereocenters. The Kier molecular flexibility index (Phi) is 6.16. The van der Waals surface area contributed by atoms with Crippen molar-refractivity contribution in [1.82, 2.24) is 10.2 Å². The van der Waals surface area contributed by atoms with Gasteiger partial charge < -0.3 is 19.5 Å². The molecule has 2 aromatic rings. The SMILES string of the molecule is CCN1C(=O)/C(=C\c2ccc(OC)c(COc3ccc(OC)cc3)c2)NC1=S. The van der Waals surface area contributed by atoms with E-state index in [2.05, 4.69) is 5.32 Å². The van der Waals surface area contributed by atoms with Gasteiger partial charge in [-0.3, -0.25) is 9.69 Å². The van der Waals surface area contributed by atoms with Crippen molar-refractivity contribution < 1.29 is 19.0 Å². The number of amides is 1. The molecule has 146 valence electrons. The van der Waals surface area contributed by atoms with E-state index in [1.165, 1.54) is 4.90 Å². The van der Waals surface area contributed by atoms with Crippen molar-refractivity contribution in [2.45, 2.75) is 13.5 Å². The molecule has 1 saturated heterocycles. The summed E-state index contributed by atoms with van der Waals surface area (Å²) in [6.07, 6.45) is 1.78. The summed E-state index contributed by atoms with van der Waals surface area (Å²) in [5.41, 5.74) is 2.18. The average molecular weight is 398 g/mol. The number of likely N-dealkylation sites (N-methyl/N-ethyl adjacent to an activating group) is 1. The molecular formula is C21H22N2O4S. The zero-order chi connectivity index (χ0) is 20.1. The number of benzene rings is 2. The lowest BCUT2D eigenvalue weighted by atomic mass is 10.1. The van der Waals surface area contributed by atoms with Crippen LogP contribution in [0, 0.1) is 0 Å². The summed E-state index contributed by atoms with van der Waals surface area (Å²) in [5, 5.41) is 3.39. The van der Waals surface area contributed by atoms with E-state index in [9.17, 15) is 4.79 Å². The minimum atomic E-state index is -0.126. The topological polar surface area (TPSA) is 60.0 Å². The van der Waals surface area contributed by atoms with Crippen LogP contribution in [0.3, 0.4) is 0 Å². The number of methoxy groups -OCH3 is 2. The standard InChI is InChI=1S/C21H22N2O4S/c1-4-23-20(24)18(22-21(23)28)12-14-5-10-19(26-3)15(11-14)13-27-17-8-6-16(25-2)7-9-17/h5-12H,4,13H2,1-3H3,(H,22,28)/b18-12+. The van der Waals surface area contributed by atoms with E-state index in [0.717, 1.165) is 22.6 Å². The van der Waals surface area contributed by atoms with Gasteiger partial charge in [-0.1, -0.05) is 6.07 Å². The summed E-state index contributed by atoms with van der Waals surface area (Å²) in [4.78, 5) is 13.9. The molecule has 0 saturated carbocycles. The first kappa shape index (κ1) is 19.7. The third-order valence-electron chi connectivity index (χ3n) is 4.35. The van der Waals surface area contributed by atoms with Crippen LogP contribution in [-0.2, 0) is 11.4 Å². The van der Waals surface area contributed by atoms with Gasteiger partial charge in [0.25, 0.3) is 5.91 Å². The molecule has 7 heteroatoms. The number of rotatable bonds is 7. The first-order valence-corrected chi connectivity index (χ1v) is 9.24. The number of thiocarbonyl (C=S) groups is 1. The zero-order valence-corrected chi connectivity index (χ0v) is 16.8. The van der Waals surface area contributed by atoms with Gasteiger partial charge in [-0.05, 0) is 67.2 Å². The fourth-order valence-electron chi connectivity index (χ4n) is 2.86. The Morgan fingerprint density at radius 1 is 1.07 bits per heavy atom. The lowest BCUT2D eigenvalue weighted by Crippen LogP contribution is -2.30. The molecule has 1 aliphatic rings. The van der Waals surface area contributed by atoms with Gasteiger partial charge in [-0.2, -0.15) is 0 Å². The fourth-order valence-corrected chi connectivity index (χ4v) is 3.18. The van der Waals surface area contributed by atoms with Crippen molar-refractivity contribution in [2.24, 2.45) is 0 Å². The van der Waals surface area contributed by atoms with Crippen LogP contribution in [0.1, 0.15) is 18.1 Å². The first-order chi connectivity index (χ1) is 13.5. The molecule has 6 nitrogen and oxygen atoms in total. The van der Waals surface area contributed by atoms with Gasteiger partial charge in [0.1, 0.15) is 29.6 Å². The van der Waals surface area contributed by atoms with E-state index < -0.39 is 0 Å². The Morgan fingerprint density at radius 2 is 1.79 bits per heavy atom. The highest BCUT2D eigenvalue weighted by molar-refractivity contribution is 7.80. The summed E-state index contributed by atoms with van der Waals surface area (Å²) in [6.45, 7) is 2.75. The third kappa shape index (κ3) is 4.26. The summed E-state index contributed by atoms with van der Waals surface area (Å²) in [5.74, 6) is 2.08. The molecule has 0 spiro atoms. The molecule has 1 fully saturated rings. The van der Waals surface area contributed by atoms with E-state index in [0.29, 0.717) is 29.7 Å². The maximum absolute atomic E-state index is 12.4. The second-order valence-corrected chi connectivity index (χ2v) is 6.46. The monoisotopic (exact) mass is 398 g/mol. The molecule has 1 heterocycles. The summed E-state index contributed by atoms with van der Waals surface area (Å²) in [6, 6.07) is 13.0. The van der Waals surface area contributed by atoms with E-state index in [1.807, 2.05) is 49.4 Å². The number of hydrogen-bond donors (Lipinski definition) is 1. The lowest BCUT2D eigenvalue weighted by molar-refractivity contribution is -0.122. The smallest absolute Gasteiger partial charge is 0.276 e. The molecule has 0 aromatic heterocycles. The molecule has 28 heavy (non-hydrogen) atoms. The van der Waals surface area contributed by atoms with Gasteiger partial charge in [-0.25, -0.2) is 0 Å². The Bertz CT molecular complexity index is 909. The number of carbonyl (C=O) groups is 1.